The van der Waals surface area contributed by atoms with Crippen molar-refractivity contribution in [2.24, 2.45) is 7.05 Å². The predicted octanol–water partition coefficient (Wildman–Crippen LogP) is 4.96. The summed E-state index contributed by atoms with van der Waals surface area (Å²) in [6, 6.07) is 8.17. The molecule has 1 aliphatic rings. The Morgan fingerprint density at radius 3 is 2.81 bits per heavy atom. The first-order valence-electron chi connectivity index (χ1n) is 10.0. The second-order valence-corrected chi connectivity index (χ2v) is 9.35. The average molecular weight is 547 g/mol. The van der Waals surface area contributed by atoms with Gasteiger partial charge in [0.15, 0.2) is 0 Å². The van der Waals surface area contributed by atoms with Gasteiger partial charge in [0.25, 0.3) is 5.56 Å². The van der Waals surface area contributed by atoms with Gasteiger partial charge in [0.05, 0.1) is 21.2 Å². The van der Waals surface area contributed by atoms with E-state index in [1.807, 2.05) is 42.9 Å². The maximum Gasteiger partial charge on any atom is 0.259 e. The number of aryl methyl sites for hydroxylation is 1. The third-order valence-electron chi connectivity index (χ3n) is 5.55. The fourth-order valence-electron chi connectivity index (χ4n) is 3.97. The van der Waals surface area contributed by atoms with Crippen molar-refractivity contribution in [1.29, 1.82) is 0 Å². The normalized spacial score (nSPS) is 14.7. The molecule has 0 bridgehead atoms. The first kappa shape index (κ1) is 20.4. The van der Waals surface area contributed by atoms with Gasteiger partial charge in [-0.2, -0.15) is 10.1 Å². The van der Waals surface area contributed by atoms with Crippen molar-refractivity contribution < 1.29 is 0 Å². The molecule has 5 rings (SSSR count). The number of benzene rings is 1. The molecule has 3 aromatic heterocycles. The van der Waals surface area contributed by atoms with E-state index in [2.05, 4.69) is 49.0 Å². The largest absolute Gasteiger partial charge is 0.361 e. The minimum absolute atomic E-state index is 0.0403. The Morgan fingerprint density at radius 1 is 1.29 bits per heavy atom. The van der Waals surface area contributed by atoms with Crippen LogP contribution in [0.5, 0.6) is 0 Å². The number of halogens is 2. The number of anilines is 1. The third kappa shape index (κ3) is 3.82. The topological polar surface area (TPSA) is 77.6 Å². The number of rotatable bonds is 5. The SMILES string of the molecule is C[C@H](Nc1nc(Cl)ncc1I)c1cc2cccc(-c3cnn(C)c3)c2c(=O)n1C1CC1. The van der Waals surface area contributed by atoms with Crippen LogP contribution in [0.4, 0.5) is 5.82 Å². The quantitative estimate of drug-likeness (QED) is 0.283. The first-order valence-corrected chi connectivity index (χ1v) is 11.5. The molecule has 0 saturated heterocycles. The molecular weight excluding hydrogens is 527 g/mol. The van der Waals surface area contributed by atoms with Crippen molar-refractivity contribution in [2.45, 2.75) is 31.8 Å². The predicted molar refractivity (Wildman–Crippen MR) is 130 cm³/mol. The lowest BCUT2D eigenvalue weighted by Crippen LogP contribution is -2.26. The van der Waals surface area contributed by atoms with Crippen LogP contribution >= 0.6 is 34.2 Å². The summed E-state index contributed by atoms with van der Waals surface area (Å²) < 4.78 is 4.58. The van der Waals surface area contributed by atoms with Crippen LogP contribution in [0.25, 0.3) is 21.9 Å². The molecule has 1 fully saturated rings. The van der Waals surface area contributed by atoms with Crippen LogP contribution in [-0.2, 0) is 7.05 Å². The van der Waals surface area contributed by atoms with Crippen molar-refractivity contribution in [3.8, 4) is 11.1 Å². The Balaban J connectivity index is 1.66. The van der Waals surface area contributed by atoms with Gasteiger partial charge in [-0.3, -0.25) is 9.48 Å². The molecule has 31 heavy (non-hydrogen) atoms. The third-order valence-corrected chi connectivity index (χ3v) is 6.52. The fraction of sp³-hybridized carbons (Fsp3) is 0.273. The monoisotopic (exact) mass is 546 g/mol. The smallest absolute Gasteiger partial charge is 0.259 e. The van der Waals surface area contributed by atoms with E-state index in [0.29, 0.717) is 5.82 Å². The molecule has 7 nitrogen and oxygen atoms in total. The second kappa shape index (κ2) is 7.90. The van der Waals surface area contributed by atoms with Crippen LogP contribution in [0, 0.1) is 3.57 Å². The molecule has 0 unspecified atom stereocenters. The Labute approximate surface area is 197 Å². The highest BCUT2D eigenvalue weighted by atomic mass is 127. The summed E-state index contributed by atoms with van der Waals surface area (Å²) >= 11 is 8.17. The van der Waals surface area contributed by atoms with Crippen LogP contribution in [0.15, 0.2) is 47.7 Å². The number of hydrogen-bond acceptors (Lipinski definition) is 5. The van der Waals surface area contributed by atoms with E-state index >= 15 is 0 Å². The van der Waals surface area contributed by atoms with Crippen LogP contribution in [0.1, 0.15) is 37.5 Å². The van der Waals surface area contributed by atoms with E-state index in [4.69, 9.17) is 11.6 Å². The van der Waals surface area contributed by atoms with Crippen LogP contribution in [-0.4, -0.2) is 24.3 Å². The standard InChI is InChI=1S/C22H20ClIN6O/c1-12(27-20-17(24)10-25-22(23)28-20)18-8-13-4-3-5-16(14-9-26-29(2)11-14)19(13)21(31)30(18)15-6-7-15/h3-5,8-12,15H,6-7H2,1-2H3,(H,25,27,28)/t12-/m0/s1. The van der Waals surface area contributed by atoms with Gasteiger partial charge in [0, 0.05) is 36.7 Å². The van der Waals surface area contributed by atoms with E-state index < -0.39 is 0 Å². The molecule has 1 atom stereocenters. The molecule has 0 aliphatic heterocycles. The summed E-state index contributed by atoms with van der Waals surface area (Å²) in [6.07, 6.45) is 7.44. The molecule has 1 saturated carbocycles. The van der Waals surface area contributed by atoms with Crippen molar-refractivity contribution in [3.63, 3.8) is 0 Å². The van der Waals surface area contributed by atoms with Gasteiger partial charge in [0.2, 0.25) is 5.28 Å². The summed E-state index contributed by atoms with van der Waals surface area (Å²) in [5, 5.41) is 9.54. The lowest BCUT2D eigenvalue weighted by Gasteiger charge is -2.22. The van der Waals surface area contributed by atoms with Gasteiger partial charge in [-0.05, 0) is 71.0 Å². The van der Waals surface area contributed by atoms with Crippen molar-refractivity contribution in [2.75, 3.05) is 5.32 Å². The van der Waals surface area contributed by atoms with E-state index in [1.165, 1.54) is 0 Å². The molecule has 0 spiro atoms. The molecule has 1 aliphatic carbocycles. The summed E-state index contributed by atoms with van der Waals surface area (Å²) in [4.78, 5) is 22.1. The Hall–Kier alpha value is -2.46. The van der Waals surface area contributed by atoms with E-state index in [1.54, 1.807) is 17.1 Å². The Morgan fingerprint density at radius 2 is 2.10 bits per heavy atom. The lowest BCUT2D eigenvalue weighted by atomic mass is 10.00. The number of nitrogens with one attached hydrogen (secondary N) is 1. The zero-order valence-electron chi connectivity index (χ0n) is 17.0. The van der Waals surface area contributed by atoms with E-state index in [-0.39, 0.29) is 22.9 Å². The maximum atomic E-state index is 13.8. The zero-order valence-corrected chi connectivity index (χ0v) is 19.9. The molecule has 158 valence electrons. The Bertz CT molecular complexity index is 1360. The number of nitrogens with zero attached hydrogens (tertiary/aromatic N) is 5. The molecule has 1 N–H and O–H groups in total. The van der Waals surface area contributed by atoms with Gasteiger partial charge < -0.3 is 9.88 Å². The summed E-state index contributed by atoms with van der Waals surface area (Å²) in [7, 11) is 1.88. The summed E-state index contributed by atoms with van der Waals surface area (Å²) in [5.74, 6) is 0.659. The molecule has 9 heteroatoms. The summed E-state index contributed by atoms with van der Waals surface area (Å²) in [6.45, 7) is 2.04. The Kier molecular flexibility index (Phi) is 5.21. The van der Waals surface area contributed by atoms with Gasteiger partial charge in [-0.15, -0.1) is 0 Å². The minimum atomic E-state index is -0.140. The van der Waals surface area contributed by atoms with Gasteiger partial charge >= 0.3 is 0 Å². The van der Waals surface area contributed by atoms with Gasteiger partial charge in [-0.1, -0.05) is 18.2 Å². The zero-order chi connectivity index (χ0) is 21.7. The number of pyridine rings is 1. The van der Waals surface area contributed by atoms with Gasteiger partial charge in [-0.25, -0.2) is 4.98 Å². The molecule has 1 aromatic carbocycles. The summed E-state index contributed by atoms with van der Waals surface area (Å²) in [5.41, 5.74) is 2.83. The lowest BCUT2D eigenvalue weighted by molar-refractivity contribution is 0.636. The average Bonchev–Trinajstić information content (AvgIpc) is 3.49. The van der Waals surface area contributed by atoms with Crippen molar-refractivity contribution in [1.82, 2.24) is 24.3 Å². The van der Waals surface area contributed by atoms with Gasteiger partial charge in [0.1, 0.15) is 5.82 Å². The van der Waals surface area contributed by atoms with E-state index in [9.17, 15) is 4.79 Å². The number of hydrogen-bond donors (Lipinski definition) is 1. The van der Waals surface area contributed by atoms with E-state index in [0.717, 1.165) is 44.0 Å². The highest BCUT2D eigenvalue weighted by molar-refractivity contribution is 14.1. The first-order chi connectivity index (χ1) is 14.9. The number of fused-ring (bicyclic) bond motifs is 1. The van der Waals surface area contributed by atoms with Crippen molar-refractivity contribution in [3.05, 3.63) is 67.8 Å². The number of aromatic nitrogens is 5. The van der Waals surface area contributed by atoms with Crippen LogP contribution in [0.3, 0.4) is 0 Å². The van der Waals surface area contributed by atoms with Crippen LogP contribution in [0.2, 0.25) is 5.28 Å². The highest BCUT2D eigenvalue weighted by Crippen LogP contribution is 2.38. The fourth-order valence-corrected chi connectivity index (χ4v) is 4.51. The molecule has 0 amide bonds. The molecule has 4 aromatic rings. The second-order valence-electron chi connectivity index (χ2n) is 7.85. The highest BCUT2D eigenvalue weighted by Gasteiger charge is 2.30. The molecule has 0 radical (unpaired) electrons. The van der Waals surface area contributed by atoms with Crippen LogP contribution < -0.4 is 10.9 Å². The molecule has 3 heterocycles. The van der Waals surface area contributed by atoms with Crippen molar-refractivity contribution >= 4 is 50.8 Å². The molecular formula is C22H20ClIN6O. The maximum absolute atomic E-state index is 13.8. The minimum Gasteiger partial charge on any atom is -0.361 e.